The van der Waals surface area contributed by atoms with Crippen molar-refractivity contribution in [1.82, 2.24) is 4.31 Å². The Hall–Kier alpha value is -5.01. The number of carboxylic acids is 1. The highest BCUT2D eigenvalue weighted by molar-refractivity contribution is 7.88. The predicted molar refractivity (Wildman–Crippen MR) is 148 cm³/mol. The molecule has 228 valence electrons. The van der Waals surface area contributed by atoms with Crippen LogP contribution in [0.25, 0.3) is 11.1 Å². The molecule has 3 rings (SSSR count). The van der Waals surface area contributed by atoms with Gasteiger partial charge in [-0.25, -0.2) is 17.6 Å². The van der Waals surface area contributed by atoms with E-state index in [-0.39, 0.29) is 17.8 Å². The Bertz CT molecular complexity index is 1660. The number of nitriles is 1. The fourth-order valence-corrected chi connectivity index (χ4v) is 4.23. The Morgan fingerprint density at radius 1 is 1.12 bits per heavy atom. The Morgan fingerprint density at radius 2 is 1.70 bits per heavy atom. The number of nitrogens with one attached hydrogen (secondary N) is 1. The molecule has 3 aromatic carbocycles. The number of rotatable bonds is 8. The summed E-state index contributed by atoms with van der Waals surface area (Å²) in [5, 5.41) is 31.0. The summed E-state index contributed by atoms with van der Waals surface area (Å²) in [4.78, 5) is 22.1. The first-order valence-electron chi connectivity index (χ1n) is 11.9. The number of nitrogens with zero attached hydrogens (tertiary/aromatic N) is 3. The Morgan fingerprint density at radius 3 is 2.21 bits per heavy atom. The molecule has 0 aliphatic carbocycles. The molecular formula is C27H25F4N5O6S. The first-order valence-corrected chi connectivity index (χ1v) is 13.7. The van der Waals surface area contributed by atoms with Crippen molar-refractivity contribution in [3.8, 4) is 17.2 Å². The van der Waals surface area contributed by atoms with E-state index in [9.17, 15) is 36.0 Å². The molecule has 3 aromatic rings. The van der Waals surface area contributed by atoms with Crippen molar-refractivity contribution in [2.24, 2.45) is 10.9 Å². The number of hydrogen-bond acceptors (Lipinski definition) is 7. The molecule has 0 saturated heterocycles. The molecule has 11 nitrogen and oxygen atoms in total. The second-order valence-corrected chi connectivity index (χ2v) is 10.9. The van der Waals surface area contributed by atoms with Crippen LogP contribution in [0.15, 0.2) is 71.9 Å². The highest BCUT2D eigenvalue weighted by atomic mass is 32.2. The number of benzene rings is 3. The molecule has 5 N–H and O–H groups in total. The molecule has 0 aliphatic heterocycles. The third-order valence-electron chi connectivity index (χ3n) is 5.86. The van der Waals surface area contributed by atoms with Gasteiger partial charge in [-0.2, -0.15) is 22.7 Å². The number of amidine groups is 1. The van der Waals surface area contributed by atoms with Crippen molar-refractivity contribution >= 4 is 33.4 Å². The lowest BCUT2D eigenvalue weighted by Gasteiger charge is -2.25. The van der Waals surface area contributed by atoms with Gasteiger partial charge in [-0.15, -0.1) is 0 Å². The van der Waals surface area contributed by atoms with Crippen LogP contribution in [0, 0.1) is 17.1 Å². The number of aliphatic carboxylic acids is 1. The van der Waals surface area contributed by atoms with Crippen LogP contribution in [0.4, 0.5) is 23.2 Å². The number of carbonyl (C=O) groups excluding carboxylic acids is 1. The number of likely N-dealkylation sites (N-methyl/N-ethyl adjacent to an activating group) is 1. The van der Waals surface area contributed by atoms with Crippen molar-refractivity contribution in [2.45, 2.75) is 18.6 Å². The third-order valence-corrected chi connectivity index (χ3v) is 7.16. The molecule has 16 heteroatoms. The third kappa shape index (κ3) is 9.51. The Labute approximate surface area is 243 Å². The van der Waals surface area contributed by atoms with Crippen LogP contribution in [0.2, 0.25) is 0 Å². The molecule has 0 fully saturated rings. The summed E-state index contributed by atoms with van der Waals surface area (Å²) >= 11 is 0. The van der Waals surface area contributed by atoms with E-state index in [0.717, 1.165) is 10.6 Å². The lowest BCUT2D eigenvalue weighted by molar-refractivity contribution is -0.192. The van der Waals surface area contributed by atoms with Gasteiger partial charge in [0, 0.05) is 23.9 Å². The molecule has 0 aliphatic rings. The maximum Gasteiger partial charge on any atom is 0.490 e. The number of alkyl halides is 3. The number of sulfonamides is 1. The molecule has 0 saturated carbocycles. The maximum atomic E-state index is 14.0. The second kappa shape index (κ2) is 14.2. The number of hydrogen-bond donors (Lipinski definition) is 4. The van der Waals surface area contributed by atoms with Gasteiger partial charge < -0.3 is 21.4 Å². The van der Waals surface area contributed by atoms with E-state index < -0.39 is 39.9 Å². The van der Waals surface area contributed by atoms with Crippen molar-refractivity contribution in [3.63, 3.8) is 0 Å². The van der Waals surface area contributed by atoms with Gasteiger partial charge in [0.2, 0.25) is 15.9 Å². The quantitative estimate of drug-likeness (QED) is 0.0965. The number of amides is 1. The van der Waals surface area contributed by atoms with Crippen LogP contribution in [0.3, 0.4) is 0 Å². The molecule has 1 amide bonds. The van der Waals surface area contributed by atoms with Gasteiger partial charge in [-0.05, 0) is 41.8 Å². The van der Waals surface area contributed by atoms with E-state index in [1.165, 1.54) is 19.2 Å². The average Bonchev–Trinajstić information content (AvgIpc) is 2.94. The fraction of sp³-hybridized carbons (Fsp3) is 0.185. The molecule has 0 radical (unpaired) electrons. The van der Waals surface area contributed by atoms with Crippen molar-refractivity contribution in [1.29, 1.82) is 5.26 Å². The molecule has 1 atom stereocenters. The monoisotopic (exact) mass is 623 g/mol. The van der Waals surface area contributed by atoms with Crippen molar-refractivity contribution in [3.05, 3.63) is 89.2 Å². The molecular weight excluding hydrogens is 598 g/mol. The van der Waals surface area contributed by atoms with Crippen LogP contribution in [-0.4, -0.2) is 66.3 Å². The van der Waals surface area contributed by atoms with E-state index in [0.29, 0.717) is 27.9 Å². The Kier molecular flexibility index (Phi) is 11.3. The maximum absolute atomic E-state index is 14.0. The average molecular weight is 624 g/mol. The summed E-state index contributed by atoms with van der Waals surface area (Å²) in [5.41, 5.74) is 7.95. The first kappa shape index (κ1) is 34.2. The topological polar surface area (TPSA) is 186 Å². The smallest absolute Gasteiger partial charge is 0.475 e. The summed E-state index contributed by atoms with van der Waals surface area (Å²) in [5.74, 6) is -4.08. The Balaban J connectivity index is 0.000000821. The van der Waals surface area contributed by atoms with Crippen LogP contribution in [-0.2, 0) is 26.0 Å². The van der Waals surface area contributed by atoms with Gasteiger partial charge in [0.15, 0.2) is 5.84 Å². The summed E-state index contributed by atoms with van der Waals surface area (Å²) in [6.07, 6.45) is -4.06. The van der Waals surface area contributed by atoms with E-state index in [1.807, 2.05) is 6.07 Å². The molecule has 0 bridgehead atoms. The minimum Gasteiger partial charge on any atom is -0.475 e. The lowest BCUT2D eigenvalue weighted by Crippen LogP contribution is -2.46. The number of halogens is 4. The SMILES string of the molecule is CN(C(Cc1cccc(/C(N)=N/O)c1)C(=O)Nc1ccc(-c2cccc(F)c2C#N)cc1)S(C)(=O)=O.O=C(O)C(F)(F)F. The zero-order valence-corrected chi connectivity index (χ0v) is 23.3. The summed E-state index contributed by atoms with van der Waals surface area (Å²) in [7, 11) is -2.42. The summed E-state index contributed by atoms with van der Waals surface area (Å²) in [6.45, 7) is 0. The highest BCUT2D eigenvalue weighted by Crippen LogP contribution is 2.27. The zero-order valence-electron chi connectivity index (χ0n) is 22.5. The second-order valence-electron chi connectivity index (χ2n) is 8.83. The predicted octanol–water partition coefficient (Wildman–Crippen LogP) is 3.53. The molecule has 0 heterocycles. The summed E-state index contributed by atoms with van der Waals surface area (Å²) < 4.78 is 71.2. The van der Waals surface area contributed by atoms with Crippen LogP contribution < -0.4 is 11.1 Å². The lowest BCUT2D eigenvalue weighted by atomic mass is 9.99. The number of carboxylic acid groups (broad SMARTS) is 1. The molecule has 0 aromatic heterocycles. The normalized spacial score (nSPS) is 12.5. The van der Waals surface area contributed by atoms with E-state index in [2.05, 4.69) is 10.5 Å². The van der Waals surface area contributed by atoms with Crippen LogP contribution in [0.5, 0.6) is 0 Å². The van der Waals surface area contributed by atoms with Crippen molar-refractivity contribution in [2.75, 3.05) is 18.6 Å². The minimum atomic E-state index is -5.08. The van der Waals surface area contributed by atoms with Crippen LogP contribution in [0.1, 0.15) is 16.7 Å². The highest BCUT2D eigenvalue weighted by Gasteiger charge is 2.38. The van der Waals surface area contributed by atoms with E-state index in [4.69, 9.17) is 20.8 Å². The fourth-order valence-electron chi connectivity index (χ4n) is 3.59. The summed E-state index contributed by atoms with van der Waals surface area (Å²) in [6, 6.07) is 18.1. The minimum absolute atomic E-state index is 0.0227. The number of carbonyl (C=O) groups is 2. The van der Waals surface area contributed by atoms with E-state index in [1.54, 1.807) is 54.6 Å². The van der Waals surface area contributed by atoms with Gasteiger partial charge in [-0.3, -0.25) is 4.79 Å². The van der Waals surface area contributed by atoms with Gasteiger partial charge in [-0.1, -0.05) is 47.6 Å². The molecule has 0 spiro atoms. The van der Waals surface area contributed by atoms with Crippen molar-refractivity contribution < 1.29 is 45.9 Å². The van der Waals surface area contributed by atoms with Gasteiger partial charge >= 0.3 is 12.1 Å². The number of nitrogens with two attached hydrogens (primary N) is 1. The van der Waals surface area contributed by atoms with Crippen LogP contribution >= 0.6 is 0 Å². The molecule has 1 unspecified atom stereocenters. The van der Waals surface area contributed by atoms with Gasteiger partial charge in [0.05, 0.1) is 11.8 Å². The largest absolute Gasteiger partial charge is 0.490 e. The first-order chi connectivity index (χ1) is 20.0. The number of anilines is 1. The van der Waals surface area contributed by atoms with Gasteiger partial charge in [0.1, 0.15) is 17.9 Å². The standard InChI is InChI=1S/C25H24FN5O4S.C2HF3O2/c1-31(36(2,34)35)23(14-16-5-3-6-18(13-16)24(28)30-33)25(32)29-19-11-9-17(10-12-19)20-7-4-8-22(26)21(20)15-27;3-2(4,5)1(6)7/h3-13,23,33H,14H2,1-2H3,(H2,28,30)(H,29,32);(H,6,7). The number of oxime groups is 1. The van der Waals surface area contributed by atoms with E-state index >= 15 is 0 Å². The molecule has 43 heavy (non-hydrogen) atoms. The van der Waals surface area contributed by atoms with Gasteiger partial charge in [0.25, 0.3) is 0 Å². The zero-order chi connectivity index (χ0) is 32.5.